The van der Waals surface area contributed by atoms with Crippen molar-refractivity contribution >= 4 is 41.1 Å². The van der Waals surface area contributed by atoms with E-state index in [0.29, 0.717) is 43.9 Å². The van der Waals surface area contributed by atoms with Gasteiger partial charge in [0.2, 0.25) is 0 Å². The molecule has 0 aliphatic carbocycles. The summed E-state index contributed by atoms with van der Waals surface area (Å²) in [5, 5.41) is 2.50. The van der Waals surface area contributed by atoms with Crippen LogP contribution in [0.15, 0.2) is 61.1 Å². The summed E-state index contributed by atoms with van der Waals surface area (Å²) in [5.74, 6) is 0. The van der Waals surface area contributed by atoms with Gasteiger partial charge in [-0.05, 0) is 30.3 Å². The SMILES string of the molecule is Nc1cc(Cl)cnc1-c1ccn2c(-c3cccc(N(OC=O)C(=O)NCC(F)(F)F)c3)cnc2c1. The number of aromatic nitrogens is 3. The van der Waals surface area contributed by atoms with E-state index in [2.05, 4.69) is 14.8 Å². The van der Waals surface area contributed by atoms with E-state index in [1.807, 2.05) is 0 Å². The molecule has 13 heteroatoms. The summed E-state index contributed by atoms with van der Waals surface area (Å²) in [6.07, 6.45) is 0.167. The number of hydroxylamine groups is 1. The van der Waals surface area contributed by atoms with Gasteiger partial charge in [0.1, 0.15) is 12.2 Å². The van der Waals surface area contributed by atoms with E-state index < -0.39 is 18.8 Å². The first-order valence-electron chi connectivity index (χ1n) is 9.90. The molecule has 0 atom stereocenters. The number of nitrogens with two attached hydrogens (primary N) is 1. The molecule has 3 heterocycles. The Balaban J connectivity index is 1.66. The topological polar surface area (TPSA) is 115 Å². The van der Waals surface area contributed by atoms with E-state index >= 15 is 0 Å². The van der Waals surface area contributed by atoms with Gasteiger partial charge < -0.3 is 15.9 Å². The molecular weight excluding hydrogens is 489 g/mol. The number of urea groups is 1. The zero-order valence-corrected chi connectivity index (χ0v) is 18.4. The zero-order valence-electron chi connectivity index (χ0n) is 17.7. The Morgan fingerprint density at radius 3 is 2.69 bits per heavy atom. The van der Waals surface area contributed by atoms with Crippen molar-refractivity contribution in [2.45, 2.75) is 6.18 Å². The monoisotopic (exact) mass is 504 g/mol. The van der Waals surface area contributed by atoms with E-state index in [9.17, 15) is 22.8 Å². The predicted octanol–water partition coefficient (Wildman–Crippen LogP) is 4.47. The van der Waals surface area contributed by atoms with Crippen molar-refractivity contribution in [3.05, 3.63) is 66.1 Å². The van der Waals surface area contributed by atoms with Gasteiger partial charge in [0.05, 0.1) is 34.0 Å². The van der Waals surface area contributed by atoms with E-state index in [1.165, 1.54) is 18.3 Å². The van der Waals surface area contributed by atoms with Crippen LogP contribution < -0.4 is 16.1 Å². The third-order valence-corrected chi connectivity index (χ3v) is 5.03. The van der Waals surface area contributed by atoms with E-state index in [-0.39, 0.29) is 12.2 Å². The first-order chi connectivity index (χ1) is 16.7. The van der Waals surface area contributed by atoms with Crippen LogP contribution in [0, 0.1) is 0 Å². The molecule has 0 fully saturated rings. The standard InChI is InChI=1S/C22H16ClF3N6O3/c23-15-8-17(27)20(29-9-15)14-4-5-31-18(10-28-19(31)7-14)13-2-1-3-16(6-13)32(35-12-33)21(34)30-11-22(24,25)26/h1-10,12H,11,27H2,(H,30,34). The summed E-state index contributed by atoms with van der Waals surface area (Å²) >= 11 is 5.92. The smallest absolute Gasteiger partial charge is 0.397 e. The molecule has 4 rings (SSSR count). The van der Waals surface area contributed by atoms with Gasteiger partial charge in [0, 0.05) is 23.5 Å². The largest absolute Gasteiger partial charge is 0.405 e. The number of imidazole rings is 1. The summed E-state index contributed by atoms with van der Waals surface area (Å²) in [5.41, 5.74) is 9.42. The number of hydrogen-bond donors (Lipinski definition) is 2. The maximum atomic E-state index is 12.5. The number of carbonyl (C=O) groups excluding carboxylic acids is 2. The summed E-state index contributed by atoms with van der Waals surface area (Å²) in [6, 6.07) is 9.99. The number of carbonyl (C=O) groups is 2. The number of benzene rings is 1. The van der Waals surface area contributed by atoms with Crippen molar-refractivity contribution in [3.63, 3.8) is 0 Å². The molecule has 2 amide bonds. The lowest BCUT2D eigenvalue weighted by molar-refractivity contribution is -0.129. The molecular formula is C22H16ClF3N6O3. The Hall–Kier alpha value is -4.32. The van der Waals surface area contributed by atoms with Crippen LogP contribution in [-0.2, 0) is 9.63 Å². The fraction of sp³-hybridized carbons (Fsp3) is 0.0909. The van der Waals surface area contributed by atoms with Crippen molar-refractivity contribution < 1.29 is 27.6 Å². The van der Waals surface area contributed by atoms with Gasteiger partial charge >= 0.3 is 18.7 Å². The summed E-state index contributed by atoms with van der Waals surface area (Å²) in [7, 11) is 0. The molecule has 0 unspecified atom stereocenters. The molecule has 0 aliphatic rings. The highest BCUT2D eigenvalue weighted by atomic mass is 35.5. The number of nitrogen functional groups attached to an aromatic ring is 1. The third-order valence-electron chi connectivity index (χ3n) is 4.82. The minimum absolute atomic E-state index is 0.0268. The highest BCUT2D eigenvalue weighted by Crippen LogP contribution is 2.30. The van der Waals surface area contributed by atoms with Crippen molar-refractivity contribution in [2.75, 3.05) is 17.3 Å². The van der Waals surface area contributed by atoms with Crippen molar-refractivity contribution in [2.24, 2.45) is 0 Å². The summed E-state index contributed by atoms with van der Waals surface area (Å²) in [4.78, 5) is 36.4. The average molecular weight is 505 g/mol. The molecule has 3 aromatic heterocycles. The third kappa shape index (κ3) is 5.27. The Morgan fingerprint density at radius 1 is 1.17 bits per heavy atom. The molecule has 9 nitrogen and oxygen atoms in total. The van der Waals surface area contributed by atoms with Gasteiger partial charge in [-0.2, -0.15) is 13.2 Å². The molecule has 0 radical (unpaired) electrons. The number of alkyl halides is 3. The molecule has 0 bridgehead atoms. The van der Waals surface area contributed by atoms with E-state index in [0.717, 1.165) is 0 Å². The molecule has 35 heavy (non-hydrogen) atoms. The number of nitrogens with zero attached hydrogens (tertiary/aromatic N) is 4. The quantitative estimate of drug-likeness (QED) is 0.296. The lowest BCUT2D eigenvalue weighted by Crippen LogP contribution is -2.43. The lowest BCUT2D eigenvalue weighted by Gasteiger charge is -2.20. The second-order valence-electron chi connectivity index (χ2n) is 7.20. The Bertz CT molecular complexity index is 1410. The Morgan fingerprint density at radius 2 is 1.97 bits per heavy atom. The van der Waals surface area contributed by atoms with Crippen LogP contribution in [0.2, 0.25) is 5.02 Å². The second-order valence-corrected chi connectivity index (χ2v) is 7.64. The minimum atomic E-state index is -4.63. The molecule has 180 valence electrons. The summed E-state index contributed by atoms with van der Waals surface area (Å²) < 4.78 is 39.2. The average Bonchev–Trinajstić information content (AvgIpc) is 3.24. The van der Waals surface area contributed by atoms with Crippen molar-refractivity contribution in [1.82, 2.24) is 19.7 Å². The molecule has 0 aliphatic heterocycles. The van der Waals surface area contributed by atoms with Gasteiger partial charge in [0.25, 0.3) is 0 Å². The fourth-order valence-electron chi connectivity index (χ4n) is 3.35. The number of anilines is 2. The van der Waals surface area contributed by atoms with Gasteiger partial charge in [0.15, 0.2) is 0 Å². The van der Waals surface area contributed by atoms with Gasteiger partial charge in [-0.1, -0.05) is 23.7 Å². The van der Waals surface area contributed by atoms with Crippen molar-refractivity contribution in [3.8, 4) is 22.5 Å². The highest BCUT2D eigenvalue weighted by Gasteiger charge is 2.30. The normalized spacial score (nSPS) is 11.3. The van der Waals surface area contributed by atoms with Crippen LogP contribution in [0.1, 0.15) is 0 Å². The maximum absolute atomic E-state index is 12.5. The number of nitrogens with one attached hydrogen (secondary N) is 1. The molecule has 0 saturated heterocycles. The molecule has 4 aromatic rings. The van der Waals surface area contributed by atoms with Crippen LogP contribution in [0.4, 0.5) is 29.3 Å². The maximum Gasteiger partial charge on any atom is 0.405 e. The fourth-order valence-corrected chi connectivity index (χ4v) is 3.51. The summed E-state index contributed by atoms with van der Waals surface area (Å²) in [6.45, 7) is -1.65. The number of amides is 2. The van der Waals surface area contributed by atoms with Crippen LogP contribution in [0.25, 0.3) is 28.2 Å². The number of halogens is 4. The minimum Gasteiger partial charge on any atom is -0.397 e. The highest BCUT2D eigenvalue weighted by molar-refractivity contribution is 6.30. The van der Waals surface area contributed by atoms with Gasteiger partial charge in [-0.3, -0.25) is 14.2 Å². The number of rotatable bonds is 6. The number of pyridine rings is 2. The zero-order chi connectivity index (χ0) is 25.2. The predicted molar refractivity (Wildman–Crippen MR) is 122 cm³/mol. The molecule has 0 spiro atoms. The molecule has 1 aromatic carbocycles. The number of hydrogen-bond acceptors (Lipinski definition) is 6. The lowest BCUT2D eigenvalue weighted by atomic mass is 10.1. The Kier molecular flexibility index (Phi) is 6.47. The van der Waals surface area contributed by atoms with Crippen LogP contribution >= 0.6 is 11.6 Å². The van der Waals surface area contributed by atoms with Gasteiger partial charge in [-0.15, -0.1) is 5.06 Å². The van der Waals surface area contributed by atoms with Crippen LogP contribution in [0.5, 0.6) is 0 Å². The molecule has 3 N–H and O–H groups in total. The van der Waals surface area contributed by atoms with Crippen LogP contribution in [-0.4, -0.2) is 39.6 Å². The van der Waals surface area contributed by atoms with E-state index in [1.54, 1.807) is 52.4 Å². The van der Waals surface area contributed by atoms with Crippen molar-refractivity contribution in [1.29, 1.82) is 0 Å². The first kappa shape index (κ1) is 23.8. The molecule has 0 saturated carbocycles. The van der Waals surface area contributed by atoms with E-state index in [4.69, 9.17) is 17.3 Å². The Labute approximate surface area is 200 Å². The van der Waals surface area contributed by atoms with Crippen LogP contribution in [0.3, 0.4) is 0 Å². The number of fused-ring (bicyclic) bond motifs is 1. The second kappa shape index (κ2) is 9.50. The van der Waals surface area contributed by atoms with Gasteiger partial charge in [-0.25, -0.2) is 9.78 Å². The first-order valence-corrected chi connectivity index (χ1v) is 10.3.